The smallest absolute Gasteiger partial charge is 0.251 e. The number of benzene rings is 2. The second-order valence-corrected chi connectivity index (χ2v) is 5.61. The molecule has 0 aliphatic heterocycles. The number of aromatic nitrogens is 1. The Morgan fingerprint density at radius 3 is 2.56 bits per heavy atom. The van der Waals surface area contributed by atoms with E-state index in [1.165, 1.54) is 0 Å². The summed E-state index contributed by atoms with van der Waals surface area (Å²) in [6, 6.07) is 21.1. The van der Waals surface area contributed by atoms with Gasteiger partial charge in [0.2, 0.25) is 0 Å². The summed E-state index contributed by atoms with van der Waals surface area (Å²) in [5.41, 5.74) is 3.49. The number of ether oxygens (including phenoxy) is 1. The number of nitrogens with zero attached hydrogens (tertiary/aromatic N) is 1. The van der Waals surface area contributed by atoms with Crippen molar-refractivity contribution in [2.75, 3.05) is 13.7 Å². The Morgan fingerprint density at radius 2 is 1.84 bits per heavy atom. The van der Waals surface area contributed by atoms with Crippen LogP contribution >= 0.6 is 0 Å². The van der Waals surface area contributed by atoms with Gasteiger partial charge in [0.05, 0.1) is 7.11 Å². The average molecular weight is 332 g/mol. The van der Waals surface area contributed by atoms with Gasteiger partial charge in [-0.05, 0) is 35.9 Å². The van der Waals surface area contributed by atoms with Crippen LogP contribution in [-0.4, -0.2) is 24.5 Å². The van der Waals surface area contributed by atoms with E-state index in [9.17, 15) is 4.79 Å². The third-order valence-electron chi connectivity index (χ3n) is 3.94. The molecule has 0 fully saturated rings. The highest BCUT2D eigenvalue weighted by Gasteiger charge is 2.11. The van der Waals surface area contributed by atoms with E-state index >= 15 is 0 Å². The van der Waals surface area contributed by atoms with Gasteiger partial charge in [0.25, 0.3) is 5.91 Å². The summed E-state index contributed by atoms with van der Waals surface area (Å²) in [5.74, 6) is 0.645. The van der Waals surface area contributed by atoms with Gasteiger partial charge in [-0.1, -0.05) is 36.4 Å². The first-order valence-electron chi connectivity index (χ1n) is 8.19. The molecule has 0 radical (unpaired) electrons. The molecule has 1 amide bonds. The van der Waals surface area contributed by atoms with Gasteiger partial charge < -0.3 is 10.1 Å². The van der Waals surface area contributed by atoms with Crippen molar-refractivity contribution in [3.63, 3.8) is 0 Å². The van der Waals surface area contributed by atoms with Crippen molar-refractivity contribution in [2.45, 2.75) is 6.42 Å². The number of methoxy groups -OCH3 is 1. The van der Waals surface area contributed by atoms with Gasteiger partial charge in [0.1, 0.15) is 5.75 Å². The van der Waals surface area contributed by atoms with Crippen molar-refractivity contribution < 1.29 is 9.53 Å². The van der Waals surface area contributed by atoms with Crippen LogP contribution in [0, 0.1) is 0 Å². The van der Waals surface area contributed by atoms with Crippen molar-refractivity contribution in [3.8, 4) is 16.9 Å². The minimum absolute atomic E-state index is 0.101. The van der Waals surface area contributed by atoms with Crippen LogP contribution < -0.4 is 10.1 Å². The van der Waals surface area contributed by atoms with Gasteiger partial charge in [-0.25, -0.2) is 0 Å². The maximum atomic E-state index is 12.4. The molecule has 1 heterocycles. The van der Waals surface area contributed by atoms with Crippen LogP contribution in [0.3, 0.4) is 0 Å². The fourth-order valence-corrected chi connectivity index (χ4v) is 2.64. The van der Waals surface area contributed by atoms with Gasteiger partial charge in [0.15, 0.2) is 0 Å². The lowest BCUT2D eigenvalue weighted by molar-refractivity contribution is 0.0954. The maximum absolute atomic E-state index is 12.4. The fraction of sp³-hybridized carbons (Fsp3) is 0.143. The molecule has 0 aliphatic carbocycles. The molecule has 0 atom stereocenters. The zero-order valence-corrected chi connectivity index (χ0v) is 14.1. The molecule has 0 aliphatic rings. The minimum Gasteiger partial charge on any atom is -0.496 e. The summed E-state index contributed by atoms with van der Waals surface area (Å²) in [7, 11) is 1.63. The van der Waals surface area contributed by atoms with E-state index in [1.54, 1.807) is 19.4 Å². The molecule has 0 unspecified atom stereocenters. The highest BCUT2D eigenvalue weighted by Crippen LogP contribution is 2.30. The number of pyridine rings is 1. The van der Waals surface area contributed by atoms with Crippen molar-refractivity contribution in [3.05, 3.63) is 84.2 Å². The predicted molar refractivity (Wildman–Crippen MR) is 98.7 cm³/mol. The van der Waals surface area contributed by atoms with E-state index in [4.69, 9.17) is 4.74 Å². The van der Waals surface area contributed by atoms with E-state index in [0.29, 0.717) is 18.5 Å². The predicted octanol–water partition coefficient (Wildman–Crippen LogP) is 3.73. The Balaban J connectivity index is 1.72. The quantitative estimate of drug-likeness (QED) is 0.748. The molecule has 25 heavy (non-hydrogen) atoms. The number of hydrogen-bond acceptors (Lipinski definition) is 3. The van der Waals surface area contributed by atoms with Crippen LogP contribution in [0.4, 0.5) is 0 Å². The SMILES string of the molecule is COc1ccc(C(=O)NCCc2ccccn2)cc1-c1ccccc1. The Labute approximate surface area is 147 Å². The number of amides is 1. The molecule has 1 aromatic heterocycles. The molecule has 3 aromatic rings. The second kappa shape index (κ2) is 8.11. The molecule has 3 rings (SSSR count). The van der Waals surface area contributed by atoms with Crippen LogP contribution in [0.5, 0.6) is 5.75 Å². The zero-order valence-electron chi connectivity index (χ0n) is 14.1. The van der Waals surface area contributed by atoms with Crippen molar-refractivity contribution >= 4 is 5.91 Å². The lowest BCUT2D eigenvalue weighted by atomic mass is 10.0. The van der Waals surface area contributed by atoms with Gasteiger partial charge in [-0.15, -0.1) is 0 Å². The van der Waals surface area contributed by atoms with Crippen molar-refractivity contribution in [1.82, 2.24) is 10.3 Å². The molecule has 2 aromatic carbocycles. The van der Waals surface area contributed by atoms with Gasteiger partial charge in [-0.2, -0.15) is 0 Å². The normalized spacial score (nSPS) is 10.3. The van der Waals surface area contributed by atoms with Crippen LogP contribution in [0.25, 0.3) is 11.1 Å². The summed E-state index contributed by atoms with van der Waals surface area (Å²) in [6.07, 6.45) is 2.46. The number of hydrogen-bond donors (Lipinski definition) is 1. The number of carbonyl (C=O) groups is 1. The van der Waals surface area contributed by atoms with E-state index in [-0.39, 0.29) is 5.91 Å². The first-order valence-corrected chi connectivity index (χ1v) is 8.19. The average Bonchev–Trinajstić information content (AvgIpc) is 2.69. The van der Waals surface area contributed by atoms with Gasteiger partial charge in [-0.3, -0.25) is 9.78 Å². The molecule has 4 nitrogen and oxygen atoms in total. The number of nitrogens with one attached hydrogen (secondary N) is 1. The van der Waals surface area contributed by atoms with Crippen LogP contribution in [-0.2, 0) is 6.42 Å². The molecule has 0 bridgehead atoms. The summed E-state index contributed by atoms with van der Waals surface area (Å²) < 4.78 is 5.43. The van der Waals surface area contributed by atoms with Crippen LogP contribution in [0.15, 0.2) is 72.9 Å². The minimum atomic E-state index is -0.101. The summed E-state index contributed by atoms with van der Waals surface area (Å²) in [4.78, 5) is 16.7. The largest absolute Gasteiger partial charge is 0.496 e. The Kier molecular flexibility index (Phi) is 5.42. The number of carbonyl (C=O) groups excluding carboxylic acids is 1. The lowest BCUT2D eigenvalue weighted by Crippen LogP contribution is -2.25. The van der Waals surface area contributed by atoms with E-state index in [1.807, 2.05) is 60.7 Å². The van der Waals surface area contributed by atoms with Gasteiger partial charge >= 0.3 is 0 Å². The molecular weight excluding hydrogens is 312 g/mol. The van der Waals surface area contributed by atoms with Gasteiger partial charge in [0, 0.05) is 36.0 Å². The fourth-order valence-electron chi connectivity index (χ4n) is 2.64. The zero-order chi connectivity index (χ0) is 17.5. The molecule has 0 saturated heterocycles. The highest BCUT2D eigenvalue weighted by molar-refractivity contribution is 5.96. The molecule has 0 saturated carbocycles. The van der Waals surface area contributed by atoms with E-state index < -0.39 is 0 Å². The molecule has 1 N–H and O–H groups in total. The van der Waals surface area contributed by atoms with Crippen LogP contribution in [0.2, 0.25) is 0 Å². The Hall–Kier alpha value is -3.14. The van der Waals surface area contributed by atoms with E-state index in [2.05, 4.69) is 10.3 Å². The standard InChI is InChI=1S/C21H20N2O2/c1-25-20-11-10-17(15-19(20)16-7-3-2-4-8-16)21(24)23-14-12-18-9-5-6-13-22-18/h2-11,13,15H,12,14H2,1H3,(H,23,24). The highest BCUT2D eigenvalue weighted by atomic mass is 16.5. The van der Waals surface area contributed by atoms with Crippen molar-refractivity contribution in [2.24, 2.45) is 0 Å². The Bertz CT molecular complexity index is 833. The number of rotatable bonds is 6. The second-order valence-electron chi connectivity index (χ2n) is 5.61. The third kappa shape index (κ3) is 4.23. The molecule has 4 heteroatoms. The first-order chi connectivity index (χ1) is 12.3. The molecule has 126 valence electrons. The first kappa shape index (κ1) is 16.7. The summed E-state index contributed by atoms with van der Waals surface area (Å²) in [6.45, 7) is 0.544. The summed E-state index contributed by atoms with van der Waals surface area (Å²) >= 11 is 0. The van der Waals surface area contributed by atoms with Crippen LogP contribution in [0.1, 0.15) is 16.1 Å². The van der Waals surface area contributed by atoms with E-state index in [0.717, 1.165) is 22.6 Å². The topological polar surface area (TPSA) is 51.2 Å². The maximum Gasteiger partial charge on any atom is 0.251 e. The monoisotopic (exact) mass is 332 g/mol. The summed E-state index contributed by atoms with van der Waals surface area (Å²) in [5, 5.41) is 2.94. The lowest BCUT2D eigenvalue weighted by Gasteiger charge is -2.11. The molecule has 0 spiro atoms. The Morgan fingerprint density at radius 1 is 1.04 bits per heavy atom. The third-order valence-corrected chi connectivity index (χ3v) is 3.94. The van der Waals surface area contributed by atoms with Crippen molar-refractivity contribution in [1.29, 1.82) is 0 Å². The molecular formula is C21H20N2O2.